The lowest BCUT2D eigenvalue weighted by molar-refractivity contribution is -0.126. The van der Waals surface area contributed by atoms with Crippen LogP contribution in [-0.2, 0) is 16.0 Å². The van der Waals surface area contributed by atoms with Crippen molar-refractivity contribution in [2.45, 2.75) is 26.4 Å². The van der Waals surface area contributed by atoms with Gasteiger partial charge in [-0.3, -0.25) is 4.79 Å². The van der Waals surface area contributed by atoms with Crippen LogP contribution in [-0.4, -0.2) is 29.7 Å². The molecule has 0 saturated heterocycles. The standard InChI is InChI=1S/C16H16N2O4/c1-10-9-14(22-17-10)16(20)21-11(2)15(19)18-8-7-12-5-3-4-6-13(12)18/h3-6,9,11H,7-8H2,1-2H3/t11-/m0/s1. The van der Waals surface area contributed by atoms with Crippen molar-refractivity contribution >= 4 is 17.6 Å². The van der Waals surface area contributed by atoms with E-state index >= 15 is 0 Å². The van der Waals surface area contributed by atoms with Gasteiger partial charge in [0.15, 0.2) is 6.10 Å². The largest absolute Gasteiger partial charge is 0.447 e. The van der Waals surface area contributed by atoms with Crippen LogP contribution in [0.25, 0.3) is 0 Å². The summed E-state index contributed by atoms with van der Waals surface area (Å²) in [6.45, 7) is 3.86. The number of para-hydroxylation sites is 1. The molecule has 0 unspecified atom stereocenters. The number of hydrogen-bond donors (Lipinski definition) is 0. The molecule has 22 heavy (non-hydrogen) atoms. The summed E-state index contributed by atoms with van der Waals surface area (Å²) in [7, 11) is 0. The molecule has 2 aromatic rings. The number of aromatic nitrogens is 1. The van der Waals surface area contributed by atoms with Crippen molar-refractivity contribution in [3.8, 4) is 0 Å². The number of anilines is 1. The Labute approximate surface area is 127 Å². The molecule has 1 aliphatic heterocycles. The molecule has 0 saturated carbocycles. The third-order valence-corrected chi connectivity index (χ3v) is 3.61. The van der Waals surface area contributed by atoms with E-state index in [0.29, 0.717) is 12.2 Å². The number of ether oxygens (including phenoxy) is 1. The van der Waals surface area contributed by atoms with Gasteiger partial charge in [0, 0.05) is 18.3 Å². The van der Waals surface area contributed by atoms with E-state index in [1.807, 2.05) is 24.3 Å². The van der Waals surface area contributed by atoms with Crippen molar-refractivity contribution < 1.29 is 18.8 Å². The second kappa shape index (κ2) is 5.63. The summed E-state index contributed by atoms with van der Waals surface area (Å²) in [5.74, 6) is -0.928. The van der Waals surface area contributed by atoms with E-state index in [0.717, 1.165) is 17.7 Å². The average molecular weight is 300 g/mol. The molecule has 6 heteroatoms. The Morgan fingerprint density at radius 1 is 1.36 bits per heavy atom. The van der Waals surface area contributed by atoms with Crippen molar-refractivity contribution in [3.05, 3.63) is 47.3 Å². The highest BCUT2D eigenvalue weighted by molar-refractivity contribution is 6.00. The van der Waals surface area contributed by atoms with Crippen LogP contribution < -0.4 is 4.90 Å². The minimum Gasteiger partial charge on any atom is -0.447 e. The number of fused-ring (bicyclic) bond motifs is 1. The predicted molar refractivity (Wildman–Crippen MR) is 78.6 cm³/mol. The highest BCUT2D eigenvalue weighted by atomic mass is 16.6. The topological polar surface area (TPSA) is 72.6 Å². The first-order valence-electron chi connectivity index (χ1n) is 7.10. The van der Waals surface area contributed by atoms with Crippen LogP contribution in [0.2, 0.25) is 0 Å². The number of amides is 1. The van der Waals surface area contributed by atoms with Gasteiger partial charge in [0.2, 0.25) is 5.76 Å². The lowest BCUT2D eigenvalue weighted by Gasteiger charge is -2.21. The van der Waals surface area contributed by atoms with Crippen LogP contribution in [0, 0.1) is 6.92 Å². The highest BCUT2D eigenvalue weighted by Crippen LogP contribution is 2.28. The fraction of sp³-hybridized carbons (Fsp3) is 0.312. The number of rotatable bonds is 3. The van der Waals surface area contributed by atoms with E-state index < -0.39 is 12.1 Å². The molecule has 2 heterocycles. The summed E-state index contributed by atoms with van der Waals surface area (Å²) in [5.41, 5.74) is 2.59. The van der Waals surface area contributed by atoms with Gasteiger partial charge in [-0.15, -0.1) is 0 Å². The summed E-state index contributed by atoms with van der Waals surface area (Å²) in [4.78, 5) is 26.0. The molecule has 1 aromatic heterocycles. The molecule has 1 aliphatic rings. The maximum Gasteiger partial charge on any atom is 0.377 e. The third kappa shape index (κ3) is 2.59. The Morgan fingerprint density at radius 2 is 2.14 bits per heavy atom. The van der Waals surface area contributed by atoms with Crippen LogP contribution in [0.5, 0.6) is 0 Å². The Morgan fingerprint density at radius 3 is 2.86 bits per heavy atom. The molecule has 3 rings (SSSR count). The molecular weight excluding hydrogens is 284 g/mol. The Kier molecular flexibility index (Phi) is 3.66. The summed E-state index contributed by atoms with van der Waals surface area (Å²) in [6.07, 6.45) is -0.0757. The van der Waals surface area contributed by atoms with Gasteiger partial charge < -0.3 is 14.2 Å². The van der Waals surface area contributed by atoms with Crippen LogP contribution in [0.1, 0.15) is 28.7 Å². The SMILES string of the molecule is Cc1cc(C(=O)O[C@@H](C)C(=O)N2CCc3ccccc32)on1. The second-order valence-corrected chi connectivity index (χ2v) is 5.25. The highest BCUT2D eigenvalue weighted by Gasteiger charge is 2.30. The summed E-state index contributed by atoms with van der Waals surface area (Å²) >= 11 is 0. The van der Waals surface area contributed by atoms with Crippen LogP contribution in [0.15, 0.2) is 34.9 Å². The van der Waals surface area contributed by atoms with Crippen LogP contribution in [0.3, 0.4) is 0 Å². The number of benzene rings is 1. The van der Waals surface area contributed by atoms with Crippen molar-refractivity contribution in [2.75, 3.05) is 11.4 Å². The number of carbonyl (C=O) groups is 2. The van der Waals surface area contributed by atoms with Crippen molar-refractivity contribution in [1.29, 1.82) is 0 Å². The molecule has 6 nitrogen and oxygen atoms in total. The molecule has 114 valence electrons. The van der Waals surface area contributed by atoms with E-state index in [1.54, 1.807) is 18.7 Å². The maximum atomic E-state index is 12.5. The number of nitrogens with zero attached hydrogens (tertiary/aromatic N) is 2. The van der Waals surface area contributed by atoms with Crippen molar-refractivity contribution in [3.63, 3.8) is 0 Å². The molecule has 0 bridgehead atoms. The summed E-state index contributed by atoms with van der Waals surface area (Å²) in [6, 6.07) is 9.21. The van der Waals surface area contributed by atoms with E-state index in [1.165, 1.54) is 6.07 Å². The van der Waals surface area contributed by atoms with Gasteiger partial charge >= 0.3 is 5.97 Å². The zero-order valence-corrected chi connectivity index (χ0v) is 12.4. The van der Waals surface area contributed by atoms with Gasteiger partial charge in [0.05, 0.1) is 5.69 Å². The molecule has 1 atom stereocenters. The van der Waals surface area contributed by atoms with Gasteiger partial charge in [-0.05, 0) is 31.9 Å². The predicted octanol–water partition coefficient (Wildman–Crippen LogP) is 2.12. The third-order valence-electron chi connectivity index (χ3n) is 3.61. The fourth-order valence-corrected chi connectivity index (χ4v) is 2.52. The zero-order chi connectivity index (χ0) is 15.7. The van der Waals surface area contributed by atoms with Gasteiger partial charge in [0.25, 0.3) is 5.91 Å². The lowest BCUT2D eigenvalue weighted by Crippen LogP contribution is -2.39. The summed E-state index contributed by atoms with van der Waals surface area (Å²) in [5, 5.41) is 3.63. The van der Waals surface area contributed by atoms with Gasteiger partial charge in [-0.1, -0.05) is 23.4 Å². The Balaban J connectivity index is 1.69. The maximum absolute atomic E-state index is 12.5. The fourth-order valence-electron chi connectivity index (χ4n) is 2.52. The van der Waals surface area contributed by atoms with E-state index in [4.69, 9.17) is 9.26 Å². The molecular formula is C16H16N2O4. The normalized spacial score (nSPS) is 14.5. The molecule has 0 fully saturated rings. The van der Waals surface area contributed by atoms with Crippen molar-refractivity contribution in [1.82, 2.24) is 5.16 Å². The lowest BCUT2D eigenvalue weighted by atomic mass is 10.2. The second-order valence-electron chi connectivity index (χ2n) is 5.25. The van der Waals surface area contributed by atoms with Crippen LogP contribution in [0.4, 0.5) is 5.69 Å². The molecule has 0 N–H and O–H groups in total. The molecule has 1 aromatic carbocycles. The zero-order valence-electron chi connectivity index (χ0n) is 12.4. The summed E-state index contributed by atoms with van der Waals surface area (Å²) < 4.78 is 10.0. The number of esters is 1. The monoisotopic (exact) mass is 300 g/mol. The van der Waals surface area contributed by atoms with E-state index in [2.05, 4.69) is 5.16 Å². The smallest absolute Gasteiger partial charge is 0.377 e. The van der Waals surface area contributed by atoms with Gasteiger partial charge in [0.1, 0.15) is 0 Å². The molecule has 0 radical (unpaired) electrons. The van der Waals surface area contributed by atoms with E-state index in [-0.39, 0.29) is 11.7 Å². The number of carbonyl (C=O) groups excluding carboxylic acids is 2. The molecule has 0 spiro atoms. The van der Waals surface area contributed by atoms with Gasteiger partial charge in [-0.25, -0.2) is 4.79 Å². The minimum atomic E-state index is -0.885. The Hall–Kier alpha value is -2.63. The Bertz CT molecular complexity index is 722. The number of aryl methyl sites for hydroxylation is 1. The number of hydrogen-bond acceptors (Lipinski definition) is 5. The minimum absolute atomic E-state index is 0.000952. The first kappa shape index (κ1) is 14.3. The van der Waals surface area contributed by atoms with E-state index in [9.17, 15) is 9.59 Å². The van der Waals surface area contributed by atoms with Crippen LogP contribution >= 0.6 is 0 Å². The van der Waals surface area contributed by atoms with Crippen molar-refractivity contribution in [2.24, 2.45) is 0 Å². The average Bonchev–Trinajstić information content (AvgIpc) is 3.12. The molecule has 0 aliphatic carbocycles. The van der Waals surface area contributed by atoms with Gasteiger partial charge in [-0.2, -0.15) is 0 Å². The quantitative estimate of drug-likeness (QED) is 0.812. The molecule has 1 amide bonds. The first-order valence-corrected chi connectivity index (χ1v) is 7.10. The first-order chi connectivity index (χ1) is 10.6.